The zero-order chi connectivity index (χ0) is 20.2. The minimum absolute atomic E-state index is 0.0831. The minimum Gasteiger partial charge on any atom is -0.459 e. The predicted molar refractivity (Wildman–Crippen MR) is 107 cm³/mol. The van der Waals surface area contributed by atoms with Gasteiger partial charge in [0.25, 0.3) is 11.8 Å². The van der Waals surface area contributed by atoms with Gasteiger partial charge in [0.15, 0.2) is 12.4 Å². The summed E-state index contributed by atoms with van der Waals surface area (Å²) in [5.41, 5.74) is 2.99. The van der Waals surface area contributed by atoms with Crippen molar-refractivity contribution in [1.29, 1.82) is 0 Å². The molecule has 7 nitrogen and oxygen atoms in total. The smallest absolute Gasteiger partial charge is 0.312 e. The molecule has 0 radical (unpaired) electrons. The van der Waals surface area contributed by atoms with Crippen LogP contribution in [-0.2, 0) is 22.6 Å². The lowest BCUT2D eigenvalue weighted by atomic mass is 10.0. The first kappa shape index (κ1) is 19.1. The second kappa shape index (κ2) is 8.40. The van der Waals surface area contributed by atoms with Crippen LogP contribution < -0.4 is 0 Å². The molecule has 0 fully saturated rings. The highest BCUT2D eigenvalue weighted by Crippen LogP contribution is 2.26. The molecule has 29 heavy (non-hydrogen) atoms. The van der Waals surface area contributed by atoms with Gasteiger partial charge in [-0.25, -0.2) is 4.98 Å². The monoisotopic (exact) mass is 409 g/mol. The molecule has 4 rings (SSSR count). The Morgan fingerprint density at radius 3 is 2.72 bits per heavy atom. The SMILES string of the molecule is CC(C)c1ccc(-c2nc(CC(=O)OCc3nnc(-c4ccco4)o3)cs2)cc1. The van der Waals surface area contributed by atoms with E-state index in [-0.39, 0.29) is 24.8 Å². The summed E-state index contributed by atoms with van der Waals surface area (Å²) in [6.07, 6.45) is 1.60. The Labute approximate surface area is 171 Å². The average Bonchev–Trinajstić information content (AvgIpc) is 3.47. The molecule has 3 aromatic heterocycles. The van der Waals surface area contributed by atoms with Gasteiger partial charge in [-0.05, 0) is 23.6 Å². The van der Waals surface area contributed by atoms with Crippen molar-refractivity contribution in [2.45, 2.75) is 32.8 Å². The van der Waals surface area contributed by atoms with E-state index in [9.17, 15) is 4.79 Å². The van der Waals surface area contributed by atoms with Crippen LogP contribution in [0.15, 0.2) is 56.9 Å². The molecule has 148 valence electrons. The van der Waals surface area contributed by atoms with Crippen LogP contribution in [0.3, 0.4) is 0 Å². The van der Waals surface area contributed by atoms with Gasteiger partial charge in [0.1, 0.15) is 5.01 Å². The number of nitrogens with zero attached hydrogens (tertiary/aromatic N) is 3. The van der Waals surface area contributed by atoms with Crippen molar-refractivity contribution in [3.63, 3.8) is 0 Å². The molecule has 0 amide bonds. The maximum Gasteiger partial charge on any atom is 0.312 e. The molecule has 0 unspecified atom stereocenters. The molecule has 3 heterocycles. The fourth-order valence-corrected chi connectivity index (χ4v) is 3.51. The highest BCUT2D eigenvalue weighted by atomic mass is 32.1. The molecule has 0 atom stereocenters. The van der Waals surface area contributed by atoms with Gasteiger partial charge < -0.3 is 13.6 Å². The summed E-state index contributed by atoms with van der Waals surface area (Å²) in [7, 11) is 0. The minimum atomic E-state index is -0.408. The highest BCUT2D eigenvalue weighted by molar-refractivity contribution is 7.13. The number of carbonyl (C=O) groups excluding carboxylic acids is 1. The molecule has 0 saturated heterocycles. The van der Waals surface area contributed by atoms with Gasteiger partial charge in [-0.3, -0.25) is 4.79 Å². The van der Waals surface area contributed by atoms with Gasteiger partial charge in [0.05, 0.1) is 18.4 Å². The Morgan fingerprint density at radius 2 is 2.00 bits per heavy atom. The van der Waals surface area contributed by atoms with E-state index in [0.29, 0.717) is 17.4 Å². The molecule has 0 N–H and O–H groups in total. The zero-order valence-corrected chi connectivity index (χ0v) is 16.8. The van der Waals surface area contributed by atoms with Crippen LogP contribution >= 0.6 is 11.3 Å². The first-order valence-electron chi connectivity index (χ1n) is 9.15. The molecular weight excluding hydrogens is 390 g/mol. The summed E-state index contributed by atoms with van der Waals surface area (Å²) in [6.45, 7) is 4.22. The van der Waals surface area contributed by atoms with Crippen molar-refractivity contribution in [3.8, 4) is 22.2 Å². The Kier molecular flexibility index (Phi) is 5.53. The second-order valence-corrected chi connectivity index (χ2v) is 7.59. The first-order valence-corrected chi connectivity index (χ1v) is 10.0. The van der Waals surface area contributed by atoms with Crippen LogP contribution in [0.1, 0.15) is 36.9 Å². The maximum absolute atomic E-state index is 12.1. The number of hydrogen-bond acceptors (Lipinski definition) is 8. The molecule has 0 aliphatic rings. The van der Waals surface area contributed by atoms with E-state index < -0.39 is 5.97 Å². The van der Waals surface area contributed by atoms with Crippen molar-refractivity contribution in [3.05, 3.63) is 65.2 Å². The Bertz CT molecular complexity index is 1080. The summed E-state index contributed by atoms with van der Waals surface area (Å²) >= 11 is 1.50. The molecule has 4 aromatic rings. The molecule has 0 saturated carbocycles. The Morgan fingerprint density at radius 1 is 1.17 bits per heavy atom. The van der Waals surface area contributed by atoms with Crippen molar-refractivity contribution >= 4 is 17.3 Å². The molecule has 0 aliphatic carbocycles. The fraction of sp³-hybridized carbons (Fsp3) is 0.238. The van der Waals surface area contributed by atoms with E-state index in [2.05, 4.69) is 53.3 Å². The first-order chi connectivity index (χ1) is 14.1. The normalized spacial score (nSPS) is 11.1. The number of ether oxygens (including phenoxy) is 1. The van der Waals surface area contributed by atoms with Gasteiger partial charge in [0.2, 0.25) is 0 Å². The third kappa shape index (κ3) is 4.60. The van der Waals surface area contributed by atoms with Crippen molar-refractivity contribution in [2.24, 2.45) is 0 Å². The van der Waals surface area contributed by atoms with Crippen LogP contribution in [0, 0.1) is 0 Å². The predicted octanol–water partition coefficient (Wildman–Crippen LogP) is 4.86. The molecule has 0 bridgehead atoms. The van der Waals surface area contributed by atoms with Gasteiger partial charge in [-0.1, -0.05) is 38.1 Å². The molecule has 0 spiro atoms. The average molecular weight is 409 g/mol. The van der Waals surface area contributed by atoms with Crippen molar-refractivity contribution in [2.75, 3.05) is 0 Å². The van der Waals surface area contributed by atoms with Crippen LogP contribution in [0.4, 0.5) is 0 Å². The highest BCUT2D eigenvalue weighted by Gasteiger charge is 2.14. The molecule has 8 heteroatoms. The Balaban J connectivity index is 1.32. The molecule has 0 aliphatic heterocycles. The maximum atomic E-state index is 12.1. The molecule has 1 aromatic carbocycles. The van der Waals surface area contributed by atoms with Crippen LogP contribution in [0.5, 0.6) is 0 Å². The van der Waals surface area contributed by atoms with Crippen LogP contribution in [0.25, 0.3) is 22.2 Å². The summed E-state index contributed by atoms with van der Waals surface area (Å²) in [6, 6.07) is 11.8. The quantitative estimate of drug-likeness (QED) is 0.402. The van der Waals surface area contributed by atoms with Crippen LogP contribution in [-0.4, -0.2) is 21.2 Å². The van der Waals surface area contributed by atoms with Crippen molar-refractivity contribution < 1.29 is 18.4 Å². The van der Waals surface area contributed by atoms with E-state index in [4.69, 9.17) is 13.6 Å². The van der Waals surface area contributed by atoms with Crippen LogP contribution in [0.2, 0.25) is 0 Å². The number of esters is 1. The molecular formula is C21H19N3O4S. The lowest BCUT2D eigenvalue weighted by molar-refractivity contribution is -0.144. The summed E-state index contributed by atoms with van der Waals surface area (Å²) < 4.78 is 15.8. The van der Waals surface area contributed by atoms with E-state index in [1.165, 1.54) is 23.2 Å². The lowest BCUT2D eigenvalue weighted by Crippen LogP contribution is -2.08. The number of benzene rings is 1. The summed E-state index contributed by atoms with van der Waals surface area (Å²) in [4.78, 5) is 16.7. The second-order valence-electron chi connectivity index (χ2n) is 6.74. The number of aromatic nitrogens is 3. The zero-order valence-electron chi connectivity index (χ0n) is 16.0. The van der Waals surface area contributed by atoms with Gasteiger partial charge in [-0.15, -0.1) is 21.5 Å². The number of carbonyl (C=O) groups is 1. The number of thiazole rings is 1. The number of rotatable bonds is 7. The topological polar surface area (TPSA) is 91.2 Å². The van der Waals surface area contributed by atoms with E-state index in [1.807, 2.05) is 5.38 Å². The largest absolute Gasteiger partial charge is 0.459 e. The van der Waals surface area contributed by atoms with Gasteiger partial charge in [0, 0.05) is 10.9 Å². The summed E-state index contributed by atoms with van der Waals surface area (Å²) in [5, 5.41) is 10.5. The van der Waals surface area contributed by atoms with E-state index in [1.54, 1.807) is 12.1 Å². The third-order valence-corrected chi connectivity index (χ3v) is 5.20. The van der Waals surface area contributed by atoms with E-state index >= 15 is 0 Å². The lowest BCUT2D eigenvalue weighted by Gasteiger charge is -2.05. The van der Waals surface area contributed by atoms with Crippen molar-refractivity contribution in [1.82, 2.24) is 15.2 Å². The van der Waals surface area contributed by atoms with Gasteiger partial charge in [-0.2, -0.15) is 0 Å². The standard InChI is InChI=1S/C21H19N3O4S/c1-13(2)14-5-7-15(8-6-14)21-22-16(12-29-21)10-19(25)27-11-18-23-24-20(28-18)17-4-3-9-26-17/h3-9,12-13H,10-11H2,1-2H3. The fourth-order valence-electron chi connectivity index (χ4n) is 2.68. The number of hydrogen-bond donors (Lipinski definition) is 0. The van der Waals surface area contributed by atoms with Gasteiger partial charge >= 0.3 is 5.97 Å². The third-order valence-electron chi connectivity index (χ3n) is 4.26. The Hall–Kier alpha value is -3.26. The van der Waals surface area contributed by atoms with E-state index in [0.717, 1.165) is 10.6 Å². The number of furan rings is 1. The summed E-state index contributed by atoms with van der Waals surface area (Å²) in [5.74, 6) is 0.989.